The lowest BCUT2D eigenvalue weighted by molar-refractivity contribution is 0.438. The molecule has 1 aromatic carbocycles. The van der Waals surface area contributed by atoms with E-state index in [0.717, 1.165) is 17.1 Å². The molecule has 0 nitrogen and oxygen atoms in total. The summed E-state index contributed by atoms with van der Waals surface area (Å²) in [6.07, 6.45) is 1.11. The predicted octanol–water partition coefficient (Wildman–Crippen LogP) is 5.32. The van der Waals surface area contributed by atoms with Crippen molar-refractivity contribution in [3.8, 4) is 0 Å². The molecule has 1 rings (SSSR count). The zero-order chi connectivity index (χ0) is 13.1. The fourth-order valence-corrected chi connectivity index (χ4v) is 3.07. The van der Waals surface area contributed by atoms with Gasteiger partial charge >= 0.3 is 0 Å². The van der Waals surface area contributed by atoms with E-state index in [9.17, 15) is 0 Å². The Morgan fingerprint density at radius 3 is 1.71 bits per heavy atom. The van der Waals surface area contributed by atoms with E-state index in [2.05, 4.69) is 83.8 Å². The van der Waals surface area contributed by atoms with Crippen LogP contribution in [0.1, 0.15) is 38.8 Å². The van der Waals surface area contributed by atoms with Gasteiger partial charge in [0.25, 0.3) is 0 Å². The minimum atomic E-state index is 0.243. The van der Waals surface area contributed by atoms with Crippen LogP contribution >= 0.6 is 31.9 Å². The summed E-state index contributed by atoms with van der Waals surface area (Å²) in [5.74, 6) is 0. The molecule has 1 aromatic rings. The lowest BCUT2D eigenvalue weighted by atomic mass is 9.84. The Morgan fingerprint density at radius 1 is 0.882 bits per heavy atom. The monoisotopic (exact) mass is 360 g/mol. The Labute approximate surface area is 122 Å². The van der Waals surface area contributed by atoms with Crippen LogP contribution in [0.2, 0.25) is 0 Å². The summed E-state index contributed by atoms with van der Waals surface area (Å²) in [6, 6.07) is 9.06. The Morgan fingerprint density at radius 2 is 1.35 bits per heavy atom. The first kappa shape index (κ1) is 15.2. The van der Waals surface area contributed by atoms with Crippen molar-refractivity contribution in [1.29, 1.82) is 0 Å². The third kappa shape index (κ3) is 4.40. The normalized spacial score (nSPS) is 12.8. The summed E-state index contributed by atoms with van der Waals surface area (Å²) < 4.78 is 0. The second kappa shape index (κ2) is 5.88. The first-order valence-corrected chi connectivity index (χ1v) is 8.26. The Hall–Kier alpha value is 0.180. The molecule has 0 aliphatic carbocycles. The molecule has 0 radical (unpaired) electrons. The maximum Gasteiger partial charge on any atom is 0.00965 e. The highest BCUT2D eigenvalue weighted by molar-refractivity contribution is 9.09. The Kier molecular flexibility index (Phi) is 5.27. The van der Waals surface area contributed by atoms with Gasteiger partial charge in [0.1, 0.15) is 0 Å². The fourth-order valence-electron chi connectivity index (χ4n) is 1.75. The Balaban J connectivity index is 2.82. The maximum atomic E-state index is 3.61. The van der Waals surface area contributed by atoms with E-state index in [1.807, 2.05) is 0 Å². The van der Waals surface area contributed by atoms with E-state index in [4.69, 9.17) is 0 Å². The molecule has 0 aliphatic rings. The van der Waals surface area contributed by atoms with Gasteiger partial charge in [-0.15, -0.1) is 0 Å². The predicted molar refractivity (Wildman–Crippen MR) is 84.5 cm³/mol. The molecule has 17 heavy (non-hydrogen) atoms. The third-order valence-corrected chi connectivity index (χ3v) is 5.80. The average molecular weight is 362 g/mol. The van der Waals surface area contributed by atoms with Crippen molar-refractivity contribution < 1.29 is 0 Å². The highest BCUT2D eigenvalue weighted by Crippen LogP contribution is 2.29. The smallest absolute Gasteiger partial charge is 0.00965 e. The van der Waals surface area contributed by atoms with Crippen molar-refractivity contribution in [3.63, 3.8) is 0 Å². The summed E-state index contributed by atoms with van der Waals surface area (Å²) >= 11 is 7.21. The van der Waals surface area contributed by atoms with Crippen molar-refractivity contribution in [1.82, 2.24) is 0 Å². The molecular weight excluding hydrogens is 340 g/mol. The minimum absolute atomic E-state index is 0.243. The summed E-state index contributed by atoms with van der Waals surface area (Å²) in [7, 11) is 0. The van der Waals surface area contributed by atoms with Crippen LogP contribution in [0, 0.1) is 5.41 Å². The molecule has 0 unspecified atom stereocenters. The molecule has 0 fully saturated rings. The van der Waals surface area contributed by atoms with E-state index in [1.54, 1.807) is 0 Å². The van der Waals surface area contributed by atoms with Crippen LogP contribution in [-0.4, -0.2) is 10.7 Å². The molecule has 0 N–H and O–H groups in total. The highest BCUT2D eigenvalue weighted by Gasteiger charge is 2.22. The van der Waals surface area contributed by atoms with Gasteiger partial charge in [0.15, 0.2) is 0 Å². The molecule has 0 spiro atoms. The molecule has 0 atom stereocenters. The molecular formula is C15H22Br2. The molecule has 2 heteroatoms. The van der Waals surface area contributed by atoms with Crippen LogP contribution in [0.5, 0.6) is 0 Å². The second-order valence-corrected chi connectivity index (χ2v) is 7.32. The third-order valence-electron chi connectivity index (χ3n) is 3.10. The van der Waals surface area contributed by atoms with Crippen LogP contribution in [0.25, 0.3) is 0 Å². The van der Waals surface area contributed by atoms with Gasteiger partial charge in [-0.1, -0.05) is 83.8 Å². The topological polar surface area (TPSA) is 0 Å². The van der Waals surface area contributed by atoms with Crippen molar-refractivity contribution in [2.24, 2.45) is 5.41 Å². The van der Waals surface area contributed by atoms with Crippen molar-refractivity contribution in [2.75, 3.05) is 10.7 Å². The van der Waals surface area contributed by atoms with Crippen molar-refractivity contribution in [2.45, 2.75) is 39.5 Å². The SMILES string of the molecule is CC(CBr)(CBr)Cc1ccc(C(C)(C)C)cc1. The Bertz CT molecular complexity index is 342. The molecule has 0 saturated heterocycles. The van der Waals surface area contributed by atoms with Crippen LogP contribution in [0.3, 0.4) is 0 Å². The zero-order valence-corrected chi connectivity index (χ0v) is 14.4. The van der Waals surface area contributed by atoms with Crippen LogP contribution < -0.4 is 0 Å². The van der Waals surface area contributed by atoms with Crippen LogP contribution in [0.15, 0.2) is 24.3 Å². The minimum Gasteiger partial charge on any atom is -0.0922 e. The maximum absolute atomic E-state index is 3.61. The quantitative estimate of drug-likeness (QED) is 0.636. The largest absolute Gasteiger partial charge is 0.0922 e. The van der Waals surface area contributed by atoms with Crippen molar-refractivity contribution in [3.05, 3.63) is 35.4 Å². The first-order chi connectivity index (χ1) is 7.80. The highest BCUT2D eigenvalue weighted by atomic mass is 79.9. The lowest BCUT2D eigenvalue weighted by Gasteiger charge is -2.25. The molecule has 0 aliphatic heterocycles. The summed E-state index contributed by atoms with van der Waals surface area (Å²) in [4.78, 5) is 0. The van der Waals surface area contributed by atoms with Crippen LogP contribution in [-0.2, 0) is 11.8 Å². The van der Waals surface area contributed by atoms with E-state index in [0.29, 0.717) is 5.41 Å². The van der Waals surface area contributed by atoms with Gasteiger partial charge in [-0.3, -0.25) is 0 Å². The number of halogens is 2. The van der Waals surface area contributed by atoms with Gasteiger partial charge < -0.3 is 0 Å². The number of alkyl halides is 2. The molecule has 0 aromatic heterocycles. The van der Waals surface area contributed by atoms with Gasteiger partial charge in [-0.05, 0) is 28.4 Å². The number of benzene rings is 1. The van der Waals surface area contributed by atoms with Gasteiger partial charge in [0.05, 0.1) is 0 Å². The summed E-state index contributed by atoms with van der Waals surface area (Å²) in [5, 5.41) is 2.04. The number of rotatable bonds is 4. The first-order valence-electron chi connectivity index (χ1n) is 6.02. The molecule has 0 bridgehead atoms. The summed E-state index contributed by atoms with van der Waals surface area (Å²) in [6.45, 7) is 9.06. The average Bonchev–Trinajstić information content (AvgIpc) is 2.28. The molecule has 0 amide bonds. The zero-order valence-electron chi connectivity index (χ0n) is 11.2. The van der Waals surface area contributed by atoms with E-state index < -0.39 is 0 Å². The van der Waals surface area contributed by atoms with E-state index >= 15 is 0 Å². The van der Waals surface area contributed by atoms with E-state index in [1.165, 1.54) is 11.1 Å². The van der Waals surface area contributed by atoms with Gasteiger partial charge in [0.2, 0.25) is 0 Å². The summed E-state index contributed by atoms with van der Waals surface area (Å²) in [5.41, 5.74) is 3.36. The lowest BCUT2D eigenvalue weighted by Crippen LogP contribution is -2.23. The van der Waals surface area contributed by atoms with Gasteiger partial charge in [-0.2, -0.15) is 0 Å². The van der Waals surface area contributed by atoms with Gasteiger partial charge in [0, 0.05) is 10.7 Å². The molecule has 0 heterocycles. The van der Waals surface area contributed by atoms with Gasteiger partial charge in [-0.25, -0.2) is 0 Å². The van der Waals surface area contributed by atoms with Crippen molar-refractivity contribution >= 4 is 31.9 Å². The number of hydrogen-bond acceptors (Lipinski definition) is 0. The second-order valence-electron chi connectivity index (χ2n) is 6.20. The molecule has 0 saturated carbocycles. The fraction of sp³-hybridized carbons (Fsp3) is 0.600. The van der Waals surface area contributed by atoms with E-state index in [-0.39, 0.29) is 5.41 Å². The number of hydrogen-bond donors (Lipinski definition) is 0. The van der Waals surface area contributed by atoms with Crippen LogP contribution in [0.4, 0.5) is 0 Å². The molecule has 96 valence electrons. The standard InChI is InChI=1S/C15H22Br2/c1-14(2,3)13-7-5-12(6-8-13)9-15(4,10-16)11-17/h5-8H,9-11H2,1-4H3.